The number of rotatable bonds is 4. The summed E-state index contributed by atoms with van der Waals surface area (Å²) in [5, 5.41) is 0. The fraction of sp³-hybridized carbons (Fsp3) is 0.150. The van der Waals surface area contributed by atoms with Crippen LogP contribution in [0.15, 0.2) is 73.3 Å². The first kappa shape index (κ1) is 14.3. The third-order valence-corrected chi connectivity index (χ3v) is 3.97. The summed E-state index contributed by atoms with van der Waals surface area (Å²) in [5.74, 6) is 0.0875. The van der Waals surface area contributed by atoms with Crippen LogP contribution in [0.25, 0.3) is 6.08 Å². The smallest absolute Gasteiger partial charge is 0.254 e. The van der Waals surface area contributed by atoms with Gasteiger partial charge in [0.1, 0.15) is 0 Å². The fourth-order valence-electron chi connectivity index (χ4n) is 2.86. The van der Waals surface area contributed by atoms with Crippen LogP contribution in [0.5, 0.6) is 0 Å². The van der Waals surface area contributed by atoms with E-state index in [2.05, 4.69) is 30.9 Å². The normalized spacial score (nSPS) is 17.5. The lowest BCUT2D eigenvalue weighted by molar-refractivity contribution is 0.0713. The molecule has 1 unspecified atom stereocenters. The lowest BCUT2D eigenvalue weighted by Crippen LogP contribution is -2.44. The summed E-state index contributed by atoms with van der Waals surface area (Å²) < 4.78 is 0. The van der Waals surface area contributed by atoms with Gasteiger partial charge in [0.2, 0.25) is 0 Å². The van der Waals surface area contributed by atoms with Gasteiger partial charge in [0.15, 0.2) is 0 Å². The number of hydrogen-bond acceptors (Lipinski definition) is 1. The van der Waals surface area contributed by atoms with Crippen molar-refractivity contribution < 1.29 is 4.79 Å². The van der Waals surface area contributed by atoms with Crippen molar-refractivity contribution in [2.45, 2.75) is 12.5 Å². The molecule has 3 rings (SSSR count). The molecule has 0 bridgehead atoms. The average Bonchev–Trinajstić information content (AvgIpc) is 2.57. The Labute approximate surface area is 131 Å². The van der Waals surface area contributed by atoms with Gasteiger partial charge in [0.25, 0.3) is 5.91 Å². The Balaban J connectivity index is 1.90. The highest BCUT2D eigenvalue weighted by atomic mass is 16.2. The van der Waals surface area contributed by atoms with Crippen molar-refractivity contribution in [3.05, 3.63) is 90.0 Å². The van der Waals surface area contributed by atoms with E-state index in [1.807, 2.05) is 47.4 Å². The van der Waals surface area contributed by atoms with Crippen LogP contribution in [0.2, 0.25) is 0 Å². The molecular weight excluding hydrogens is 270 g/mol. The van der Waals surface area contributed by atoms with Crippen LogP contribution in [0.4, 0.5) is 0 Å². The molecule has 2 heteroatoms. The van der Waals surface area contributed by atoms with E-state index in [1.54, 1.807) is 6.08 Å². The molecule has 110 valence electrons. The molecule has 1 heterocycles. The Hall–Kier alpha value is -2.61. The van der Waals surface area contributed by atoms with Gasteiger partial charge in [-0.1, -0.05) is 66.8 Å². The summed E-state index contributed by atoms with van der Waals surface area (Å²) >= 11 is 0. The van der Waals surface area contributed by atoms with E-state index < -0.39 is 0 Å². The first-order valence-electron chi connectivity index (χ1n) is 7.52. The highest BCUT2D eigenvalue weighted by molar-refractivity contribution is 5.97. The number of amides is 1. The molecule has 0 spiro atoms. The maximum absolute atomic E-state index is 12.7. The lowest BCUT2D eigenvalue weighted by Gasteiger charge is -2.34. The molecule has 0 radical (unpaired) electrons. The number of carbonyl (C=O) groups is 1. The van der Waals surface area contributed by atoms with Crippen LogP contribution in [0, 0.1) is 0 Å². The molecule has 0 N–H and O–H groups in total. The van der Waals surface area contributed by atoms with Gasteiger partial charge in [-0.15, -0.1) is 6.58 Å². The zero-order valence-corrected chi connectivity index (χ0v) is 12.5. The SMILES string of the molecule is C=CCN1C(=O)c2ccccc2CC1/C=C/c1ccccc1. The fourth-order valence-corrected chi connectivity index (χ4v) is 2.86. The molecule has 1 amide bonds. The second-order valence-electron chi connectivity index (χ2n) is 5.44. The Morgan fingerprint density at radius 1 is 1.09 bits per heavy atom. The summed E-state index contributed by atoms with van der Waals surface area (Å²) in [6, 6.07) is 18.1. The maximum atomic E-state index is 12.7. The number of benzene rings is 2. The molecule has 0 aromatic heterocycles. The van der Waals surface area contributed by atoms with Crippen molar-refractivity contribution in [3.8, 4) is 0 Å². The molecule has 0 aliphatic carbocycles. The van der Waals surface area contributed by atoms with E-state index in [4.69, 9.17) is 0 Å². The Morgan fingerprint density at radius 2 is 1.82 bits per heavy atom. The first-order chi connectivity index (χ1) is 10.8. The average molecular weight is 289 g/mol. The van der Waals surface area contributed by atoms with E-state index in [1.165, 1.54) is 0 Å². The van der Waals surface area contributed by atoms with E-state index in [-0.39, 0.29) is 11.9 Å². The minimum atomic E-state index is 0.0700. The van der Waals surface area contributed by atoms with Crippen LogP contribution in [-0.2, 0) is 6.42 Å². The lowest BCUT2D eigenvalue weighted by atomic mass is 9.92. The van der Waals surface area contributed by atoms with Crippen LogP contribution < -0.4 is 0 Å². The molecule has 1 aliphatic rings. The van der Waals surface area contributed by atoms with Crippen molar-refractivity contribution >= 4 is 12.0 Å². The molecule has 0 saturated heterocycles. The number of nitrogens with zero attached hydrogens (tertiary/aromatic N) is 1. The van der Waals surface area contributed by atoms with E-state index in [9.17, 15) is 4.79 Å². The van der Waals surface area contributed by atoms with Gasteiger partial charge in [-0.05, 0) is 23.6 Å². The van der Waals surface area contributed by atoms with Crippen LogP contribution in [0.3, 0.4) is 0 Å². The van der Waals surface area contributed by atoms with Gasteiger partial charge in [0, 0.05) is 12.1 Å². The summed E-state index contributed by atoms with van der Waals surface area (Å²) in [6.07, 6.45) is 6.84. The standard InChI is InChI=1S/C20H19NO/c1-2-14-21-18(13-12-16-8-4-3-5-9-16)15-17-10-6-7-11-19(17)20(21)22/h2-13,18H,1,14-15H2/b13-12+. The molecule has 22 heavy (non-hydrogen) atoms. The van der Waals surface area contributed by atoms with Crippen LogP contribution in [-0.4, -0.2) is 23.4 Å². The van der Waals surface area contributed by atoms with Crippen molar-refractivity contribution in [1.29, 1.82) is 0 Å². The molecule has 2 aromatic carbocycles. The summed E-state index contributed by atoms with van der Waals surface area (Å²) in [4.78, 5) is 14.6. The highest BCUT2D eigenvalue weighted by Gasteiger charge is 2.29. The third kappa shape index (κ3) is 2.86. The second-order valence-corrected chi connectivity index (χ2v) is 5.44. The largest absolute Gasteiger partial charge is 0.328 e. The molecule has 2 nitrogen and oxygen atoms in total. The van der Waals surface area contributed by atoms with Crippen molar-refractivity contribution in [3.63, 3.8) is 0 Å². The highest BCUT2D eigenvalue weighted by Crippen LogP contribution is 2.24. The zero-order valence-electron chi connectivity index (χ0n) is 12.5. The van der Waals surface area contributed by atoms with Crippen molar-refractivity contribution in [1.82, 2.24) is 4.90 Å². The first-order valence-corrected chi connectivity index (χ1v) is 7.52. The minimum Gasteiger partial charge on any atom is -0.328 e. The molecule has 1 aliphatic heterocycles. The van der Waals surface area contributed by atoms with Gasteiger partial charge in [0.05, 0.1) is 6.04 Å². The number of fused-ring (bicyclic) bond motifs is 1. The quantitative estimate of drug-likeness (QED) is 0.780. The zero-order chi connectivity index (χ0) is 15.4. The van der Waals surface area contributed by atoms with Crippen LogP contribution >= 0.6 is 0 Å². The molecule has 0 fully saturated rings. The Morgan fingerprint density at radius 3 is 2.59 bits per heavy atom. The maximum Gasteiger partial charge on any atom is 0.254 e. The summed E-state index contributed by atoms with van der Waals surface area (Å²) in [6.45, 7) is 4.35. The Bertz CT molecular complexity index is 703. The molecular formula is C20H19NO. The van der Waals surface area contributed by atoms with Crippen molar-refractivity contribution in [2.75, 3.05) is 6.54 Å². The molecule has 2 aromatic rings. The number of carbonyl (C=O) groups excluding carboxylic acids is 1. The summed E-state index contributed by atoms with van der Waals surface area (Å²) in [7, 11) is 0. The minimum absolute atomic E-state index is 0.0700. The predicted molar refractivity (Wildman–Crippen MR) is 90.6 cm³/mol. The van der Waals surface area contributed by atoms with Crippen LogP contribution in [0.1, 0.15) is 21.5 Å². The predicted octanol–water partition coefficient (Wildman–Crippen LogP) is 3.95. The van der Waals surface area contributed by atoms with Gasteiger partial charge in [-0.2, -0.15) is 0 Å². The third-order valence-electron chi connectivity index (χ3n) is 3.97. The van der Waals surface area contributed by atoms with E-state index in [0.29, 0.717) is 6.54 Å². The summed E-state index contributed by atoms with van der Waals surface area (Å²) in [5.41, 5.74) is 3.08. The Kier molecular flexibility index (Phi) is 4.19. The molecule has 0 saturated carbocycles. The second kappa shape index (κ2) is 6.44. The topological polar surface area (TPSA) is 20.3 Å². The van der Waals surface area contributed by atoms with Gasteiger partial charge in [-0.25, -0.2) is 0 Å². The number of hydrogen-bond donors (Lipinski definition) is 0. The molecule has 1 atom stereocenters. The van der Waals surface area contributed by atoms with Crippen molar-refractivity contribution in [2.24, 2.45) is 0 Å². The van der Waals surface area contributed by atoms with E-state index in [0.717, 1.165) is 23.1 Å². The van der Waals surface area contributed by atoms with Gasteiger partial charge >= 0.3 is 0 Å². The van der Waals surface area contributed by atoms with Gasteiger partial charge < -0.3 is 4.90 Å². The van der Waals surface area contributed by atoms with Gasteiger partial charge in [-0.3, -0.25) is 4.79 Å². The monoisotopic (exact) mass is 289 g/mol. The van der Waals surface area contributed by atoms with E-state index >= 15 is 0 Å².